The van der Waals surface area contributed by atoms with Crippen LogP contribution < -0.4 is 0 Å². The summed E-state index contributed by atoms with van der Waals surface area (Å²) in [6.07, 6.45) is 0.258. The lowest BCUT2D eigenvalue weighted by Gasteiger charge is -2.09. The van der Waals surface area contributed by atoms with Crippen molar-refractivity contribution < 1.29 is 9.18 Å². The van der Waals surface area contributed by atoms with Gasteiger partial charge in [0.15, 0.2) is 0 Å². The first-order valence-electron chi connectivity index (χ1n) is 4.94. The fourth-order valence-electron chi connectivity index (χ4n) is 1.56. The minimum atomic E-state index is -0.250. The van der Waals surface area contributed by atoms with Crippen molar-refractivity contribution in [3.63, 3.8) is 0 Å². The SMILES string of the molecule is CN(C)C(=O)Cc1csc2cccc(F)c12. The van der Waals surface area contributed by atoms with E-state index in [9.17, 15) is 9.18 Å². The molecule has 0 radical (unpaired) electrons. The third-order valence-corrected chi connectivity index (χ3v) is 3.46. The summed E-state index contributed by atoms with van der Waals surface area (Å²) in [5.41, 5.74) is 0.775. The predicted octanol–water partition coefficient (Wildman–Crippen LogP) is 2.67. The van der Waals surface area contributed by atoms with Gasteiger partial charge in [0, 0.05) is 24.2 Å². The van der Waals surface area contributed by atoms with Gasteiger partial charge >= 0.3 is 0 Å². The zero-order chi connectivity index (χ0) is 11.7. The van der Waals surface area contributed by atoms with Gasteiger partial charge in [-0.3, -0.25) is 4.79 Å². The number of halogens is 1. The van der Waals surface area contributed by atoms with Gasteiger partial charge in [0.25, 0.3) is 0 Å². The molecule has 2 rings (SSSR count). The van der Waals surface area contributed by atoms with Crippen LogP contribution >= 0.6 is 11.3 Å². The molecule has 0 unspecified atom stereocenters. The molecule has 0 aliphatic carbocycles. The number of carbonyl (C=O) groups excluding carboxylic acids is 1. The summed E-state index contributed by atoms with van der Waals surface area (Å²) in [7, 11) is 3.40. The topological polar surface area (TPSA) is 20.3 Å². The second-order valence-electron chi connectivity index (χ2n) is 3.84. The molecule has 84 valence electrons. The van der Waals surface area contributed by atoms with Gasteiger partial charge in [0.1, 0.15) is 5.82 Å². The molecule has 0 saturated carbocycles. The van der Waals surface area contributed by atoms with E-state index in [2.05, 4.69) is 0 Å². The van der Waals surface area contributed by atoms with Crippen LogP contribution in [0.4, 0.5) is 4.39 Å². The molecule has 1 aromatic carbocycles. The lowest BCUT2D eigenvalue weighted by Crippen LogP contribution is -2.23. The third-order valence-electron chi connectivity index (χ3n) is 2.47. The van der Waals surface area contributed by atoms with Gasteiger partial charge in [-0.25, -0.2) is 4.39 Å². The third kappa shape index (κ3) is 1.93. The zero-order valence-corrected chi connectivity index (χ0v) is 9.97. The summed E-state index contributed by atoms with van der Waals surface area (Å²) in [6, 6.07) is 4.98. The summed E-state index contributed by atoms with van der Waals surface area (Å²) in [6.45, 7) is 0. The number of carbonyl (C=O) groups is 1. The lowest BCUT2D eigenvalue weighted by molar-refractivity contribution is -0.127. The Hall–Kier alpha value is -1.42. The number of fused-ring (bicyclic) bond motifs is 1. The van der Waals surface area contributed by atoms with E-state index in [1.54, 1.807) is 20.2 Å². The number of hydrogen-bond donors (Lipinski definition) is 0. The standard InChI is InChI=1S/C12H12FNOS/c1-14(2)11(15)6-8-7-16-10-5-3-4-9(13)12(8)10/h3-5,7H,6H2,1-2H3. The number of benzene rings is 1. The Morgan fingerprint density at radius 3 is 2.88 bits per heavy atom. The smallest absolute Gasteiger partial charge is 0.226 e. The van der Waals surface area contributed by atoms with E-state index >= 15 is 0 Å². The van der Waals surface area contributed by atoms with Gasteiger partial charge in [-0.15, -0.1) is 11.3 Å². The van der Waals surface area contributed by atoms with Crippen LogP contribution in [0.2, 0.25) is 0 Å². The highest BCUT2D eigenvalue weighted by Gasteiger charge is 2.13. The van der Waals surface area contributed by atoms with E-state index in [-0.39, 0.29) is 18.1 Å². The van der Waals surface area contributed by atoms with Gasteiger partial charge in [-0.2, -0.15) is 0 Å². The Labute approximate surface area is 97.3 Å². The largest absolute Gasteiger partial charge is 0.349 e. The number of rotatable bonds is 2. The molecular weight excluding hydrogens is 225 g/mol. The fraction of sp³-hybridized carbons (Fsp3) is 0.250. The maximum absolute atomic E-state index is 13.6. The molecule has 1 amide bonds. The zero-order valence-electron chi connectivity index (χ0n) is 9.16. The first-order valence-corrected chi connectivity index (χ1v) is 5.82. The average Bonchev–Trinajstić information content (AvgIpc) is 2.63. The number of hydrogen-bond acceptors (Lipinski definition) is 2. The highest BCUT2D eigenvalue weighted by molar-refractivity contribution is 7.17. The van der Waals surface area contributed by atoms with E-state index < -0.39 is 0 Å². The summed E-state index contributed by atoms with van der Waals surface area (Å²) in [5.74, 6) is -0.261. The maximum Gasteiger partial charge on any atom is 0.226 e. The van der Waals surface area contributed by atoms with Gasteiger partial charge < -0.3 is 4.90 Å². The Balaban J connectivity index is 2.42. The Kier molecular flexibility index (Phi) is 2.92. The monoisotopic (exact) mass is 237 g/mol. The molecule has 1 heterocycles. The van der Waals surface area contributed by atoms with Gasteiger partial charge in [0.2, 0.25) is 5.91 Å². The maximum atomic E-state index is 13.6. The van der Waals surface area contributed by atoms with Crippen LogP contribution in [-0.4, -0.2) is 24.9 Å². The summed E-state index contributed by atoms with van der Waals surface area (Å²) in [4.78, 5) is 13.1. The van der Waals surface area contributed by atoms with Crippen LogP contribution in [0.1, 0.15) is 5.56 Å². The molecule has 2 nitrogen and oxygen atoms in total. The van der Waals surface area contributed by atoms with Crippen LogP contribution in [-0.2, 0) is 11.2 Å². The molecule has 0 fully saturated rings. The Morgan fingerprint density at radius 1 is 1.44 bits per heavy atom. The molecule has 2 aromatic rings. The summed E-state index contributed by atoms with van der Waals surface area (Å²) >= 11 is 1.47. The summed E-state index contributed by atoms with van der Waals surface area (Å²) < 4.78 is 14.5. The van der Waals surface area contributed by atoms with Gasteiger partial charge in [-0.1, -0.05) is 6.07 Å². The molecule has 0 spiro atoms. The van der Waals surface area contributed by atoms with E-state index in [0.29, 0.717) is 5.39 Å². The van der Waals surface area contributed by atoms with Crippen LogP contribution in [0.5, 0.6) is 0 Å². The fourth-order valence-corrected chi connectivity index (χ4v) is 2.53. The Morgan fingerprint density at radius 2 is 2.19 bits per heavy atom. The molecular formula is C12H12FNOS. The molecule has 0 saturated heterocycles. The van der Waals surface area contributed by atoms with Crippen molar-refractivity contribution in [3.8, 4) is 0 Å². The highest BCUT2D eigenvalue weighted by Crippen LogP contribution is 2.28. The summed E-state index contributed by atoms with van der Waals surface area (Å²) in [5, 5.41) is 2.44. The molecule has 0 bridgehead atoms. The number of thiophene rings is 1. The van der Waals surface area contributed by atoms with E-state index in [4.69, 9.17) is 0 Å². The van der Waals surface area contributed by atoms with E-state index in [0.717, 1.165) is 10.3 Å². The molecule has 16 heavy (non-hydrogen) atoms. The molecule has 0 aliphatic rings. The van der Waals surface area contributed by atoms with Crippen LogP contribution in [0.15, 0.2) is 23.6 Å². The van der Waals surface area contributed by atoms with Crippen molar-refractivity contribution in [2.24, 2.45) is 0 Å². The lowest BCUT2D eigenvalue weighted by atomic mass is 10.1. The van der Waals surface area contributed by atoms with Gasteiger partial charge in [-0.05, 0) is 23.1 Å². The Bertz CT molecular complexity index is 533. The predicted molar refractivity (Wildman–Crippen MR) is 64.2 cm³/mol. The van der Waals surface area contributed by atoms with E-state index in [1.165, 1.54) is 22.3 Å². The number of amides is 1. The number of nitrogens with zero attached hydrogens (tertiary/aromatic N) is 1. The van der Waals surface area contributed by atoms with Crippen molar-refractivity contribution in [2.45, 2.75) is 6.42 Å². The van der Waals surface area contributed by atoms with Crippen molar-refractivity contribution in [1.29, 1.82) is 0 Å². The van der Waals surface area contributed by atoms with Crippen molar-refractivity contribution in [2.75, 3.05) is 14.1 Å². The quantitative estimate of drug-likeness (QED) is 0.786. The normalized spacial score (nSPS) is 10.7. The molecule has 1 aromatic heterocycles. The minimum absolute atomic E-state index is 0.0112. The first kappa shape index (κ1) is 11.1. The molecule has 0 aliphatic heterocycles. The van der Waals surface area contributed by atoms with E-state index in [1.807, 2.05) is 11.4 Å². The van der Waals surface area contributed by atoms with Gasteiger partial charge in [0.05, 0.1) is 6.42 Å². The van der Waals surface area contributed by atoms with Crippen molar-refractivity contribution in [3.05, 3.63) is 35.0 Å². The minimum Gasteiger partial charge on any atom is -0.349 e. The van der Waals surface area contributed by atoms with Crippen molar-refractivity contribution >= 4 is 27.3 Å². The molecule has 0 atom stereocenters. The second kappa shape index (κ2) is 4.22. The highest BCUT2D eigenvalue weighted by atomic mass is 32.1. The van der Waals surface area contributed by atoms with Crippen molar-refractivity contribution in [1.82, 2.24) is 4.90 Å². The molecule has 0 N–H and O–H groups in total. The average molecular weight is 237 g/mol. The van der Waals surface area contributed by atoms with Crippen LogP contribution in [0.25, 0.3) is 10.1 Å². The van der Waals surface area contributed by atoms with Crippen LogP contribution in [0.3, 0.4) is 0 Å². The van der Waals surface area contributed by atoms with Crippen LogP contribution in [0, 0.1) is 5.82 Å². The number of likely N-dealkylation sites (N-methyl/N-ethyl adjacent to an activating group) is 1. The molecule has 4 heteroatoms. The second-order valence-corrected chi connectivity index (χ2v) is 4.75. The first-order chi connectivity index (χ1) is 7.59.